The summed E-state index contributed by atoms with van der Waals surface area (Å²) in [6, 6.07) is 6.63. The van der Waals surface area contributed by atoms with E-state index in [2.05, 4.69) is 16.0 Å². The van der Waals surface area contributed by atoms with E-state index in [0.717, 1.165) is 25.5 Å². The zero-order chi connectivity index (χ0) is 24.3. The molecule has 8 nitrogen and oxygen atoms in total. The lowest BCUT2D eigenvalue weighted by atomic mass is 9.92. The first-order chi connectivity index (χ1) is 16.1. The van der Waals surface area contributed by atoms with Gasteiger partial charge in [0.1, 0.15) is 27.9 Å². The summed E-state index contributed by atoms with van der Waals surface area (Å²) in [4.78, 5) is 8.35. The molecule has 3 heterocycles. The Labute approximate surface area is 193 Å². The number of hydrogen-bond donors (Lipinski definition) is 1. The second kappa shape index (κ2) is 7.68. The van der Waals surface area contributed by atoms with Gasteiger partial charge in [-0.25, -0.2) is 13.4 Å². The minimum Gasteiger partial charge on any atom is -0.495 e. The molecule has 0 saturated heterocycles. The van der Waals surface area contributed by atoms with Crippen LogP contribution in [0.15, 0.2) is 35.5 Å². The molecular weight excluding hydrogens is 471 g/mol. The van der Waals surface area contributed by atoms with Crippen LogP contribution in [0, 0.1) is 11.3 Å². The van der Waals surface area contributed by atoms with Crippen LogP contribution in [0.25, 0.3) is 22.4 Å². The molecule has 178 valence electrons. The van der Waals surface area contributed by atoms with Crippen molar-refractivity contribution in [3.05, 3.63) is 36.2 Å². The normalized spacial score (nSPS) is 17.9. The number of pyridine rings is 2. The smallest absolute Gasteiger partial charge is 0.407 e. The van der Waals surface area contributed by atoms with E-state index in [1.807, 2.05) is 4.57 Å². The average molecular weight is 491 g/mol. The number of aromatic nitrogens is 3. The van der Waals surface area contributed by atoms with Crippen LogP contribution in [0.1, 0.15) is 43.7 Å². The largest absolute Gasteiger partial charge is 0.495 e. The third kappa shape index (κ3) is 3.50. The van der Waals surface area contributed by atoms with E-state index >= 15 is 0 Å². The third-order valence-corrected chi connectivity index (χ3v) is 8.04. The number of hydrogen-bond acceptors (Lipinski definition) is 6. The number of nitrogens with zero attached hydrogens (tertiary/aromatic N) is 4. The Bertz CT molecular complexity index is 1420. The lowest BCUT2D eigenvalue weighted by molar-refractivity contribution is -0.160. The molecule has 0 unspecified atom stereocenters. The van der Waals surface area contributed by atoms with E-state index in [1.165, 1.54) is 19.2 Å². The van der Waals surface area contributed by atoms with Gasteiger partial charge in [0, 0.05) is 17.6 Å². The van der Waals surface area contributed by atoms with E-state index in [4.69, 9.17) is 4.74 Å². The highest BCUT2D eigenvalue weighted by Gasteiger charge is 2.65. The highest BCUT2D eigenvalue weighted by atomic mass is 32.2. The van der Waals surface area contributed by atoms with Crippen molar-refractivity contribution in [2.24, 2.45) is 0 Å². The van der Waals surface area contributed by atoms with Gasteiger partial charge < -0.3 is 9.30 Å². The molecule has 34 heavy (non-hydrogen) atoms. The highest BCUT2D eigenvalue weighted by molar-refractivity contribution is 7.89. The minimum atomic E-state index is -4.67. The lowest BCUT2D eigenvalue weighted by Crippen LogP contribution is -2.47. The lowest BCUT2D eigenvalue weighted by Gasteiger charge is -2.29. The van der Waals surface area contributed by atoms with E-state index in [1.54, 1.807) is 17.0 Å². The summed E-state index contributed by atoms with van der Waals surface area (Å²) in [5.74, 6) is 0.487. The van der Waals surface area contributed by atoms with Gasteiger partial charge in [0.25, 0.3) is 0 Å². The van der Waals surface area contributed by atoms with E-state index < -0.39 is 21.7 Å². The first-order valence-electron chi connectivity index (χ1n) is 10.7. The fourth-order valence-electron chi connectivity index (χ4n) is 4.21. The number of methoxy groups -OCH3 is 1. The SMILES string of the molecule is COc1cnc2c(c1)c(C#N)c(-c1ccc(S(=O)(=O)NC3(C(F)(F)F)CC3)cn1)n2C1CCC1. The van der Waals surface area contributed by atoms with Crippen LogP contribution >= 0.6 is 0 Å². The van der Waals surface area contributed by atoms with Gasteiger partial charge in [-0.15, -0.1) is 0 Å². The third-order valence-electron chi connectivity index (χ3n) is 6.52. The maximum absolute atomic E-state index is 13.2. The summed E-state index contributed by atoms with van der Waals surface area (Å²) in [7, 11) is -2.94. The summed E-state index contributed by atoms with van der Waals surface area (Å²) in [6.45, 7) is 0. The second-order valence-corrected chi connectivity index (χ2v) is 10.3. The predicted molar refractivity (Wildman–Crippen MR) is 115 cm³/mol. The molecule has 0 aliphatic heterocycles. The van der Waals surface area contributed by atoms with Crippen LogP contribution in [-0.2, 0) is 10.0 Å². The molecule has 2 saturated carbocycles. The molecule has 3 aromatic heterocycles. The number of sulfonamides is 1. The number of nitriles is 1. The van der Waals surface area contributed by atoms with Crippen molar-refractivity contribution in [3.8, 4) is 23.2 Å². The van der Waals surface area contributed by atoms with Crippen LogP contribution in [0.5, 0.6) is 5.75 Å². The highest BCUT2D eigenvalue weighted by Crippen LogP contribution is 2.50. The van der Waals surface area contributed by atoms with Gasteiger partial charge in [-0.3, -0.25) is 4.98 Å². The van der Waals surface area contributed by atoms with Crippen LogP contribution in [0.3, 0.4) is 0 Å². The van der Waals surface area contributed by atoms with E-state index in [-0.39, 0.29) is 23.8 Å². The molecule has 2 aliphatic rings. The average Bonchev–Trinajstić information content (AvgIpc) is 3.48. The molecular formula is C22H20F3N5O3S. The Balaban J connectivity index is 1.58. The van der Waals surface area contributed by atoms with E-state index in [0.29, 0.717) is 33.7 Å². The monoisotopic (exact) mass is 491 g/mol. The Morgan fingerprint density at radius 2 is 1.97 bits per heavy atom. The standard InChI is InChI=1S/C22H20F3N5O3S/c1-33-14-9-16-17(10-26)19(30(13-3-2-4-13)20(16)28-11-14)18-6-5-15(12-27-18)34(31,32)29-21(7-8-21)22(23,24)25/h5-6,9,11-13,29H,2-4,7-8H2,1H3. The van der Waals surface area contributed by atoms with Crippen LogP contribution in [0.2, 0.25) is 0 Å². The van der Waals surface area contributed by atoms with Crippen molar-refractivity contribution < 1.29 is 26.3 Å². The first-order valence-corrected chi connectivity index (χ1v) is 12.1. The molecule has 12 heteroatoms. The van der Waals surface area contributed by atoms with E-state index in [9.17, 15) is 26.9 Å². The zero-order valence-electron chi connectivity index (χ0n) is 18.1. The summed E-state index contributed by atoms with van der Waals surface area (Å²) in [5.41, 5.74) is -0.674. The number of rotatable bonds is 6. The summed E-state index contributed by atoms with van der Waals surface area (Å²) >= 11 is 0. The van der Waals surface area contributed by atoms with Crippen molar-refractivity contribution >= 4 is 21.1 Å². The number of nitrogens with one attached hydrogen (secondary N) is 1. The van der Waals surface area contributed by atoms with Gasteiger partial charge in [-0.05, 0) is 50.3 Å². The molecule has 0 bridgehead atoms. The van der Waals surface area contributed by atoms with Crippen molar-refractivity contribution in [1.82, 2.24) is 19.3 Å². The van der Waals surface area contributed by atoms with Crippen molar-refractivity contribution in [2.45, 2.75) is 54.8 Å². The Morgan fingerprint density at radius 3 is 2.47 bits per heavy atom. The minimum absolute atomic E-state index is 0.105. The number of fused-ring (bicyclic) bond motifs is 1. The summed E-state index contributed by atoms with van der Waals surface area (Å²) < 4.78 is 73.9. The molecule has 2 aliphatic carbocycles. The maximum Gasteiger partial charge on any atom is 0.407 e. The summed E-state index contributed by atoms with van der Waals surface area (Å²) in [5, 5.41) is 10.5. The van der Waals surface area contributed by atoms with Crippen LogP contribution in [0.4, 0.5) is 13.2 Å². The summed E-state index contributed by atoms with van der Waals surface area (Å²) in [6.07, 6.45) is 0.117. The number of halogens is 3. The predicted octanol–water partition coefficient (Wildman–Crippen LogP) is 4.08. The molecule has 3 aromatic rings. The Morgan fingerprint density at radius 1 is 1.24 bits per heavy atom. The Kier molecular flexibility index (Phi) is 5.11. The quantitative estimate of drug-likeness (QED) is 0.557. The molecule has 0 aromatic carbocycles. The van der Waals surface area contributed by atoms with Gasteiger partial charge >= 0.3 is 6.18 Å². The van der Waals surface area contributed by atoms with Crippen molar-refractivity contribution in [3.63, 3.8) is 0 Å². The Hall–Kier alpha value is -3.17. The molecule has 0 radical (unpaired) electrons. The molecule has 0 spiro atoms. The zero-order valence-corrected chi connectivity index (χ0v) is 18.9. The fraction of sp³-hybridized carbons (Fsp3) is 0.409. The molecule has 2 fully saturated rings. The van der Waals surface area contributed by atoms with Gasteiger partial charge in [0.05, 0.1) is 30.3 Å². The van der Waals surface area contributed by atoms with Crippen LogP contribution < -0.4 is 9.46 Å². The topological polar surface area (TPSA) is 110 Å². The molecule has 0 amide bonds. The molecule has 1 N–H and O–H groups in total. The first kappa shape index (κ1) is 22.6. The van der Waals surface area contributed by atoms with Gasteiger partial charge in [-0.2, -0.15) is 23.2 Å². The fourth-order valence-corrected chi connectivity index (χ4v) is 5.60. The molecule has 5 rings (SSSR count). The van der Waals surface area contributed by atoms with Crippen molar-refractivity contribution in [2.75, 3.05) is 7.11 Å². The molecule has 0 atom stereocenters. The van der Waals surface area contributed by atoms with Gasteiger partial charge in [-0.1, -0.05) is 0 Å². The number of alkyl halides is 3. The van der Waals surface area contributed by atoms with Crippen LogP contribution in [-0.4, -0.2) is 41.8 Å². The van der Waals surface area contributed by atoms with Gasteiger partial charge in [0.15, 0.2) is 0 Å². The van der Waals surface area contributed by atoms with Crippen molar-refractivity contribution in [1.29, 1.82) is 5.26 Å². The number of ether oxygens (including phenoxy) is 1. The van der Waals surface area contributed by atoms with Gasteiger partial charge in [0.2, 0.25) is 10.0 Å². The second-order valence-electron chi connectivity index (χ2n) is 8.60. The maximum atomic E-state index is 13.2.